The minimum atomic E-state index is -0.423. The monoisotopic (exact) mass is 540 g/mol. The first kappa shape index (κ1) is 24.2. The van der Waals surface area contributed by atoms with Crippen LogP contribution in [0, 0.1) is 13.8 Å². The van der Waals surface area contributed by atoms with Gasteiger partial charge in [-0.15, -0.1) is 0 Å². The van der Waals surface area contributed by atoms with E-state index in [1.165, 1.54) is 0 Å². The molecular weight excluding hydrogens is 516 g/mol. The molecule has 0 aliphatic carbocycles. The summed E-state index contributed by atoms with van der Waals surface area (Å²) in [5.41, 5.74) is 15.2. The van der Waals surface area contributed by atoms with Gasteiger partial charge in [-0.05, 0) is 74.9 Å². The second kappa shape index (κ2) is 11.4. The van der Waals surface area contributed by atoms with Gasteiger partial charge in [0.15, 0.2) is 0 Å². The predicted molar refractivity (Wildman–Crippen MR) is 126 cm³/mol. The zero-order chi connectivity index (χ0) is 22.3. The summed E-state index contributed by atoms with van der Waals surface area (Å²) in [6.45, 7) is 4.32. The Morgan fingerprint density at radius 1 is 0.733 bits per heavy atom. The van der Waals surface area contributed by atoms with Crippen LogP contribution < -0.4 is 11.5 Å². The Hall–Kier alpha value is -2.06. The van der Waals surface area contributed by atoms with E-state index < -0.39 is 11.9 Å². The summed E-state index contributed by atoms with van der Waals surface area (Å²) in [6.07, 6.45) is 3.17. The van der Waals surface area contributed by atoms with E-state index >= 15 is 0 Å². The Morgan fingerprint density at radius 3 is 1.47 bits per heavy atom. The number of rotatable bonds is 9. The number of unbranched alkanes of at least 4 members (excludes halogenated alkanes) is 3. The van der Waals surface area contributed by atoms with Gasteiger partial charge in [0.2, 0.25) is 0 Å². The van der Waals surface area contributed by atoms with Crippen LogP contribution in [-0.2, 0) is 9.47 Å². The van der Waals surface area contributed by atoms with Crippen molar-refractivity contribution in [3.63, 3.8) is 0 Å². The molecule has 0 bridgehead atoms. The standard InChI is InChI=1S/C22H26Br2N2O4/c1-13-9-15(23)11-17(19(13)25)21(27)29-7-5-3-4-6-8-30-22(28)18-12-16(24)10-14(2)20(18)26/h9-12H,3-8,25-26H2,1-2H3. The van der Waals surface area contributed by atoms with Crippen LogP contribution in [0.3, 0.4) is 0 Å². The average molecular weight is 542 g/mol. The normalized spacial score (nSPS) is 10.7. The van der Waals surface area contributed by atoms with Gasteiger partial charge in [0.25, 0.3) is 0 Å². The number of benzene rings is 2. The molecule has 0 amide bonds. The lowest BCUT2D eigenvalue weighted by Gasteiger charge is -2.10. The van der Waals surface area contributed by atoms with Crippen LogP contribution in [0.25, 0.3) is 0 Å². The summed E-state index contributed by atoms with van der Waals surface area (Å²) in [4.78, 5) is 24.4. The van der Waals surface area contributed by atoms with E-state index in [9.17, 15) is 9.59 Å². The number of esters is 2. The van der Waals surface area contributed by atoms with Crippen LogP contribution in [0.1, 0.15) is 57.5 Å². The van der Waals surface area contributed by atoms with Gasteiger partial charge in [0, 0.05) is 20.3 Å². The number of aryl methyl sites for hydroxylation is 2. The number of anilines is 2. The number of hydrogen-bond acceptors (Lipinski definition) is 6. The van der Waals surface area contributed by atoms with E-state index in [4.69, 9.17) is 20.9 Å². The van der Waals surface area contributed by atoms with Crippen LogP contribution in [0.4, 0.5) is 11.4 Å². The van der Waals surface area contributed by atoms with Gasteiger partial charge in [-0.25, -0.2) is 9.59 Å². The first-order valence-corrected chi connectivity index (χ1v) is 11.2. The molecule has 0 fully saturated rings. The highest BCUT2D eigenvalue weighted by Gasteiger charge is 2.15. The van der Waals surface area contributed by atoms with Crippen LogP contribution in [0.15, 0.2) is 33.2 Å². The first-order chi connectivity index (χ1) is 14.2. The second-order valence-corrected chi connectivity index (χ2v) is 8.89. The summed E-state index contributed by atoms with van der Waals surface area (Å²) in [5.74, 6) is -0.847. The van der Waals surface area contributed by atoms with E-state index in [0.717, 1.165) is 45.8 Å². The molecule has 0 aliphatic rings. The summed E-state index contributed by atoms with van der Waals surface area (Å²) in [7, 11) is 0. The minimum absolute atomic E-state index is 0.317. The average Bonchev–Trinajstić information content (AvgIpc) is 2.69. The number of hydrogen-bond donors (Lipinski definition) is 2. The third-order valence-electron chi connectivity index (χ3n) is 4.65. The van der Waals surface area contributed by atoms with Crippen molar-refractivity contribution in [2.75, 3.05) is 24.7 Å². The highest BCUT2D eigenvalue weighted by atomic mass is 79.9. The van der Waals surface area contributed by atoms with Crippen LogP contribution >= 0.6 is 31.9 Å². The molecule has 0 saturated carbocycles. The fourth-order valence-electron chi connectivity index (χ4n) is 2.89. The lowest BCUT2D eigenvalue weighted by Crippen LogP contribution is -2.11. The smallest absolute Gasteiger partial charge is 0.340 e. The number of ether oxygens (including phenoxy) is 2. The molecule has 162 valence electrons. The highest BCUT2D eigenvalue weighted by molar-refractivity contribution is 9.10. The van der Waals surface area contributed by atoms with Gasteiger partial charge >= 0.3 is 11.9 Å². The van der Waals surface area contributed by atoms with E-state index in [-0.39, 0.29) is 0 Å². The third-order valence-corrected chi connectivity index (χ3v) is 5.56. The molecule has 2 rings (SSSR count). The first-order valence-electron chi connectivity index (χ1n) is 9.66. The van der Waals surface area contributed by atoms with Gasteiger partial charge in [-0.2, -0.15) is 0 Å². The summed E-state index contributed by atoms with van der Waals surface area (Å²) >= 11 is 6.72. The fraction of sp³-hybridized carbons (Fsp3) is 0.364. The zero-order valence-corrected chi connectivity index (χ0v) is 20.3. The fourth-order valence-corrected chi connectivity index (χ4v) is 4.03. The summed E-state index contributed by atoms with van der Waals surface area (Å²) in [5, 5.41) is 0. The molecule has 0 unspecified atom stereocenters. The van der Waals surface area contributed by atoms with Gasteiger partial charge in [-0.1, -0.05) is 31.9 Å². The molecule has 6 nitrogen and oxygen atoms in total. The molecule has 0 spiro atoms. The molecule has 2 aromatic rings. The predicted octanol–water partition coefficient (Wildman–Crippen LogP) is 5.57. The van der Waals surface area contributed by atoms with Crippen molar-refractivity contribution >= 4 is 55.2 Å². The minimum Gasteiger partial charge on any atom is -0.462 e. The van der Waals surface area contributed by atoms with Gasteiger partial charge < -0.3 is 20.9 Å². The van der Waals surface area contributed by atoms with E-state index in [0.29, 0.717) is 35.7 Å². The summed E-state index contributed by atoms with van der Waals surface area (Å²) < 4.78 is 12.2. The Balaban J connectivity index is 1.65. The SMILES string of the molecule is Cc1cc(Br)cc(C(=O)OCCCCCCOC(=O)c2cc(Br)cc(C)c2N)c1N. The molecule has 2 aromatic carbocycles. The molecular formula is C22H26Br2N2O4. The number of carbonyl (C=O) groups excluding carboxylic acids is 2. The zero-order valence-electron chi connectivity index (χ0n) is 17.1. The van der Waals surface area contributed by atoms with Crippen LogP contribution in [-0.4, -0.2) is 25.2 Å². The van der Waals surface area contributed by atoms with E-state index in [1.807, 2.05) is 26.0 Å². The van der Waals surface area contributed by atoms with Gasteiger partial charge in [-0.3, -0.25) is 0 Å². The van der Waals surface area contributed by atoms with Crippen molar-refractivity contribution in [1.82, 2.24) is 0 Å². The second-order valence-electron chi connectivity index (χ2n) is 7.05. The maximum Gasteiger partial charge on any atom is 0.340 e. The van der Waals surface area contributed by atoms with Crippen molar-refractivity contribution < 1.29 is 19.1 Å². The molecule has 0 atom stereocenters. The Kier molecular flexibility index (Phi) is 9.17. The van der Waals surface area contributed by atoms with Crippen molar-refractivity contribution in [1.29, 1.82) is 0 Å². The van der Waals surface area contributed by atoms with Crippen molar-refractivity contribution in [2.24, 2.45) is 0 Å². The molecule has 0 radical (unpaired) electrons. The molecule has 30 heavy (non-hydrogen) atoms. The quantitative estimate of drug-likeness (QED) is 0.244. The topological polar surface area (TPSA) is 105 Å². The molecule has 0 saturated heterocycles. The van der Waals surface area contributed by atoms with Gasteiger partial charge in [0.05, 0.1) is 24.3 Å². The molecule has 0 aliphatic heterocycles. The maximum absolute atomic E-state index is 12.2. The molecule has 0 heterocycles. The molecule has 0 aromatic heterocycles. The maximum atomic E-state index is 12.2. The number of carbonyl (C=O) groups is 2. The lowest BCUT2D eigenvalue weighted by molar-refractivity contribution is 0.0474. The van der Waals surface area contributed by atoms with Crippen molar-refractivity contribution in [3.8, 4) is 0 Å². The molecule has 4 N–H and O–H groups in total. The Labute approximate surface area is 193 Å². The Morgan fingerprint density at radius 2 is 1.10 bits per heavy atom. The third kappa shape index (κ3) is 6.74. The van der Waals surface area contributed by atoms with Crippen LogP contribution in [0.5, 0.6) is 0 Å². The van der Waals surface area contributed by atoms with Crippen molar-refractivity contribution in [2.45, 2.75) is 39.5 Å². The van der Waals surface area contributed by atoms with Gasteiger partial charge in [0.1, 0.15) is 0 Å². The highest BCUT2D eigenvalue weighted by Crippen LogP contribution is 2.25. The van der Waals surface area contributed by atoms with Crippen molar-refractivity contribution in [3.05, 3.63) is 55.5 Å². The number of halogens is 2. The summed E-state index contributed by atoms with van der Waals surface area (Å²) in [6, 6.07) is 7.03. The lowest BCUT2D eigenvalue weighted by atomic mass is 10.1. The number of nitrogen functional groups attached to an aromatic ring is 2. The number of nitrogens with two attached hydrogens (primary N) is 2. The van der Waals surface area contributed by atoms with E-state index in [1.54, 1.807) is 12.1 Å². The molecule has 8 heteroatoms. The largest absolute Gasteiger partial charge is 0.462 e. The Bertz CT molecular complexity index is 856. The van der Waals surface area contributed by atoms with E-state index in [2.05, 4.69) is 31.9 Å². The van der Waals surface area contributed by atoms with Crippen LogP contribution in [0.2, 0.25) is 0 Å².